The summed E-state index contributed by atoms with van der Waals surface area (Å²) in [5.41, 5.74) is 1.05. The standard InChI is InChI=1S/C15H16ClNO3/c1-3-9(2)17-11(8-15(19)20)7-14(18)12-6-10(16)4-5-13(12)17/h4-7,9H,3,8H2,1-2H3,(H,19,20). The highest BCUT2D eigenvalue weighted by atomic mass is 35.5. The average Bonchev–Trinajstić information content (AvgIpc) is 2.38. The van der Waals surface area contributed by atoms with Gasteiger partial charge in [-0.1, -0.05) is 18.5 Å². The van der Waals surface area contributed by atoms with Gasteiger partial charge in [-0.3, -0.25) is 9.59 Å². The van der Waals surface area contributed by atoms with Gasteiger partial charge in [-0.25, -0.2) is 0 Å². The van der Waals surface area contributed by atoms with E-state index in [2.05, 4.69) is 0 Å². The Hall–Kier alpha value is -1.81. The summed E-state index contributed by atoms with van der Waals surface area (Å²) in [6.45, 7) is 4.03. The van der Waals surface area contributed by atoms with Crippen LogP contribution < -0.4 is 5.43 Å². The SMILES string of the molecule is CCC(C)n1c(CC(=O)O)cc(=O)c2cc(Cl)ccc21. The highest BCUT2D eigenvalue weighted by Crippen LogP contribution is 2.23. The molecule has 20 heavy (non-hydrogen) atoms. The first-order valence-corrected chi connectivity index (χ1v) is 6.87. The highest BCUT2D eigenvalue weighted by Gasteiger charge is 2.15. The molecule has 2 rings (SSSR count). The molecular weight excluding hydrogens is 278 g/mol. The van der Waals surface area contributed by atoms with Gasteiger partial charge in [0.15, 0.2) is 5.43 Å². The zero-order chi connectivity index (χ0) is 14.9. The number of halogens is 1. The van der Waals surface area contributed by atoms with E-state index in [-0.39, 0.29) is 17.9 Å². The minimum atomic E-state index is -0.949. The number of benzene rings is 1. The van der Waals surface area contributed by atoms with Crippen LogP contribution >= 0.6 is 11.6 Å². The van der Waals surface area contributed by atoms with Gasteiger partial charge >= 0.3 is 5.97 Å². The first-order valence-electron chi connectivity index (χ1n) is 6.49. The van der Waals surface area contributed by atoms with Gasteiger partial charge in [-0.2, -0.15) is 0 Å². The van der Waals surface area contributed by atoms with Crippen LogP contribution in [0.25, 0.3) is 10.9 Å². The van der Waals surface area contributed by atoms with Gasteiger partial charge in [-0.15, -0.1) is 0 Å². The number of nitrogens with zero attached hydrogens (tertiary/aromatic N) is 1. The Morgan fingerprint density at radius 3 is 2.70 bits per heavy atom. The number of rotatable bonds is 4. The monoisotopic (exact) mass is 293 g/mol. The van der Waals surface area contributed by atoms with Crippen LogP contribution in [0.1, 0.15) is 32.0 Å². The summed E-state index contributed by atoms with van der Waals surface area (Å²) >= 11 is 5.94. The lowest BCUT2D eigenvalue weighted by atomic mass is 10.1. The van der Waals surface area contributed by atoms with Crippen molar-refractivity contribution in [2.24, 2.45) is 0 Å². The number of fused-ring (bicyclic) bond motifs is 1. The summed E-state index contributed by atoms with van der Waals surface area (Å²) in [6.07, 6.45) is 0.672. The van der Waals surface area contributed by atoms with E-state index in [9.17, 15) is 9.59 Å². The number of aliphatic carboxylic acids is 1. The summed E-state index contributed by atoms with van der Waals surface area (Å²) in [5, 5.41) is 10.0. The Morgan fingerprint density at radius 2 is 2.10 bits per heavy atom. The van der Waals surface area contributed by atoms with E-state index in [0.717, 1.165) is 11.9 Å². The molecule has 0 radical (unpaired) electrons. The molecule has 0 amide bonds. The second kappa shape index (κ2) is 5.67. The third-order valence-corrected chi connectivity index (χ3v) is 3.69. The smallest absolute Gasteiger partial charge is 0.309 e. The van der Waals surface area contributed by atoms with Crippen LogP contribution in [0.15, 0.2) is 29.1 Å². The van der Waals surface area contributed by atoms with Crippen LogP contribution in [0.5, 0.6) is 0 Å². The topological polar surface area (TPSA) is 59.3 Å². The van der Waals surface area contributed by atoms with Crippen molar-refractivity contribution in [1.29, 1.82) is 0 Å². The minimum Gasteiger partial charge on any atom is -0.481 e. The molecule has 5 heteroatoms. The molecule has 1 aromatic carbocycles. The maximum absolute atomic E-state index is 12.1. The maximum atomic E-state index is 12.1. The second-order valence-corrected chi connectivity index (χ2v) is 5.30. The van der Waals surface area contributed by atoms with Crippen molar-refractivity contribution in [1.82, 2.24) is 4.57 Å². The zero-order valence-electron chi connectivity index (χ0n) is 11.4. The highest BCUT2D eigenvalue weighted by molar-refractivity contribution is 6.31. The van der Waals surface area contributed by atoms with Crippen LogP contribution in [-0.2, 0) is 11.2 Å². The summed E-state index contributed by atoms with van der Waals surface area (Å²) in [7, 11) is 0. The molecule has 0 saturated carbocycles. The Kier molecular flexibility index (Phi) is 4.14. The number of carbonyl (C=O) groups is 1. The predicted octanol–water partition coefficient (Wildman–Crippen LogP) is 3.25. The fourth-order valence-corrected chi connectivity index (χ4v) is 2.54. The van der Waals surface area contributed by atoms with Gasteiger partial charge in [-0.05, 0) is 31.5 Å². The van der Waals surface area contributed by atoms with Gasteiger partial charge < -0.3 is 9.67 Å². The van der Waals surface area contributed by atoms with E-state index < -0.39 is 5.97 Å². The van der Waals surface area contributed by atoms with E-state index in [1.165, 1.54) is 6.07 Å². The molecule has 1 aromatic heterocycles. The van der Waals surface area contributed by atoms with Crippen LogP contribution in [0, 0.1) is 0 Å². The van der Waals surface area contributed by atoms with Gasteiger partial charge in [0.2, 0.25) is 0 Å². The number of carboxylic acids is 1. The van der Waals surface area contributed by atoms with Crippen molar-refractivity contribution >= 4 is 28.5 Å². The largest absolute Gasteiger partial charge is 0.481 e. The molecule has 106 valence electrons. The van der Waals surface area contributed by atoms with Crippen LogP contribution in [0.3, 0.4) is 0 Å². The quantitative estimate of drug-likeness (QED) is 0.941. The number of carboxylic acid groups (broad SMARTS) is 1. The number of hydrogen-bond donors (Lipinski definition) is 1. The minimum absolute atomic E-state index is 0.105. The van der Waals surface area contributed by atoms with Crippen molar-refractivity contribution in [3.05, 3.63) is 45.2 Å². The summed E-state index contributed by atoms with van der Waals surface area (Å²) in [5.74, 6) is -0.949. The molecule has 1 unspecified atom stereocenters. The van der Waals surface area contributed by atoms with Crippen molar-refractivity contribution < 1.29 is 9.90 Å². The number of aromatic nitrogens is 1. The fraction of sp³-hybridized carbons (Fsp3) is 0.333. The fourth-order valence-electron chi connectivity index (χ4n) is 2.36. The van der Waals surface area contributed by atoms with E-state index in [1.54, 1.807) is 18.2 Å². The molecule has 0 aliphatic rings. The molecule has 1 heterocycles. The van der Waals surface area contributed by atoms with Gasteiger partial charge in [0, 0.05) is 28.2 Å². The molecule has 0 bridgehead atoms. The maximum Gasteiger partial charge on any atom is 0.309 e. The lowest BCUT2D eigenvalue weighted by Gasteiger charge is -2.21. The van der Waals surface area contributed by atoms with Crippen molar-refractivity contribution in [2.75, 3.05) is 0 Å². The van der Waals surface area contributed by atoms with Gasteiger partial charge in [0.1, 0.15) is 0 Å². The van der Waals surface area contributed by atoms with Crippen molar-refractivity contribution in [3.8, 4) is 0 Å². The molecule has 1 N–H and O–H groups in total. The first kappa shape index (κ1) is 14.6. The second-order valence-electron chi connectivity index (χ2n) is 4.86. The zero-order valence-corrected chi connectivity index (χ0v) is 12.1. The molecule has 2 aromatic rings. The Bertz CT molecular complexity index is 721. The summed E-state index contributed by atoms with van der Waals surface area (Å²) in [6, 6.07) is 6.62. The molecule has 0 aliphatic heterocycles. The van der Waals surface area contributed by atoms with Crippen molar-refractivity contribution in [3.63, 3.8) is 0 Å². The number of hydrogen-bond acceptors (Lipinski definition) is 2. The Labute approximate surface area is 121 Å². The van der Waals surface area contributed by atoms with E-state index >= 15 is 0 Å². The molecule has 0 spiro atoms. The molecular formula is C15H16ClNO3. The lowest BCUT2D eigenvalue weighted by Crippen LogP contribution is -2.19. The van der Waals surface area contributed by atoms with Crippen LogP contribution in [0.2, 0.25) is 5.02 Å². The van der Waals surface area contributed by atoms with Crippen LogP contribution in [-0.4, -0.2) is 15.6 Å². The van der Waals surface area contributed by atoms with Crippen molar-refractivity contribution in [2.45, 2.75) is 32.7 Å². The first-order chi connectivity index (χ1) is 9.43. The summed E-state index contributed by atoms with van der Waals surface area (Å²) < 4.78 is 1.92. The van der Waals surface area contributed by atoms with Gasteiger partial charge in [0.25, 0.3) is 0 Å². The molecule has 4 nitrogen and oxygen atoms in total. The Morgan fingerprint density at radius 1 is 1.40 bits per heavy atom. The molecule has 0 aliphatic carbocycles. The third-order valence-electron chi connectivity index (χ3n) is 3.45. The summed E-state index contributed by atoms with van der Waals surface area (Å²) in [4.78, 5) is 23.1. The Balaban J connectivity index is 2.82. The van der Waals surface area contributed by atoms with E-state index in [4.69, 9.17) is 16.7 Å². The van der Waals surface area contributed by atoms with E-state index in [1.807, 2.05) is 18.4 Å². The average molecular weight is 294 g/mol. The third kappa shape index (κ3) is 2.70. The predicted molar refractivity (Wildman–Crippen MR) is 79.6 cm³/mol. The molecule has 0 fully saturated rings. The number of pyridine rings is 1. The van der Waals surface area contributed by atoms with Crippen LogP contribution in [0.4, 0.5) is 0 Å². The molecule has 0 saturated heterocycles. The normalized spacial score (nSPS) is 12.6. The lowest BCUT2D eigenvalue weighted by molar-refractivity contribution is -0.136. The van der Waals surface area contributed by atoms with Gasteiger partial charge in [0.05, 0.1) is 11.9 Å². The molecule has 1 atom stereocenters. The van der Waals surface area contributed by atoms with E-state index in [0.29, 0.717) is 16.1 Å².